The van der Waals surface area contributed by atoms with E-state index in [1.54, 1.807) is 18.2 Å². The van der Waals surface area contributed by atoms with Gasteiger partial charge in [0.05, 0.1) is 4.91 Å². The summed E-state index contributed by atoms with van der Waals surface area (Å²) < 4.78 is 13.7. The van der Waals surface area contributed by atoms with Crippen LogP contribution in [0.5, 0.6) is 0 Å². The highest BCUT2D eigenvalue weighted by molar-refractivity contribution is 8.18. The van der Waals surface area contributed by atoms with Crippen LogP contribution in [-0.2, 0) is 4.79 Å². The highest BCUT2D eigenvalue weighted by Gasteiger charge is 2.34. The number of amides is 2. The number of thiocarbonyl (C=S) groups is 1. The Hall–Kier alpha value is -1.97. The van der Waals surface area contributed by atoms with Crippen LogP contribution in [0.25, 0.3) is 6.08 Å². The fourth-order valence-corrected chi connectivity index (χ4v) is 3.22. The monoisotopic (exact) mass is 396 g/mol. The highest BCUT2D eigenvalue weighted by Crippen LogP contribution is 2.32. The zero-order chi connectivity index (χ0) is 19.1. The van der Waals surface area contributed by atoms with Gasteiger partial charge in [-0.3, -0.25) is 14.5 Å². The van der Waals surface area contributed by atoms with Gasteiger partial charge in [-0.25, -0.2) is 4.39 Å². The molecular weight excluding hydrogens is 375 g/mol. The number of thioether (sulfide) groups is 1. The van der Waals surface area contributed by atoms with Crippen molar-refractivity contribution in [2.45, 2.75) is 0 Å². The van der Waals surface area contributed by atoms with Crippen LogP contribution in [0.2, 0.25) is 0 Å². The van der Waals surface area contributed by atoms with Gasteiger partial charge < -0.3 is 15.5 Å². The van der Waals surface area contributed by atoms with Crippen LogP contribution >= 0.6 is 24.0 Å². The zero-order valence-corrected chi connectivity index (χ0v) is 16.3. The second-order valence-corrected chi connectivity index (χ2v) is 7.24. The van der Waals surface area contributed by atoms with E-state index in [0.717, 1.165) is 23.2 Å². The Kier molecular flexibility index (Phi) is 7.55. The third kappa shape index (κ3) is 5.79. The summed E-state index contributed by atoms with van der Waals surface area (Å²) in [5.74, 6) is -0.855. The molecule has 0 radical (unpaired) electrons. The summed E-state index contributed by atoms with van der Waals surface area (Å²) in [4.78, 5) is 27.8. The summed E-state index contributed by atoms with van der Waals surface area (Å²) in [6.07, 6.45) is 1.40. The Labute approximate surface area is 161 Å². The van der Waals surface area contributed by atoms with E-state index in [9.17, 15) is 14.0 Å². The second-order valence-electron chi connectivity index (χ2n) is 5.84. The molecular formula is C17H21FN4O2S2. The predicted octanol–water partition coefficient (Wildman–Crippen LogP) is 1.89. The molecule has 0 aromatic heterocycles. The van der Waals surface area contributed by atoms with Crippen molar-refractivity contribution in [2.75, 3.05) is 40.3 Å². The van der Waals surface area contributed by atoms with Crippen molar-refractivity contribution in [3.05, 3.63) is 40.6 Å². The minimum absolute atomic E-state index is 0.189. The van der Waals surface area contributed by atoms with Crippen molar-refractivity contribution in [1.29, 1.82) is 0 Å². The summed E-state index contributed by atoms with van der Waals surface area (Å²) >= 11 is 5.95. The first-order valence-corrected chi connectivity index (χ1v) is 9.27. The minimum Gasteiger partial charge on any atom is -0.361 e. The first-order chi connectivity index (χ1) is 12.4. The van der Waals surface area contributed by atoms with Crippen LogP contribution in [-0.4, -0.2) is 66.3 Å². The van der Waals surface area contributed by atoms with Gasteiger partial charge in [-0.05, 0) is 50.2 Å². The van der Waals surface area contributed by atoms with Gasteiger partial charge in [0, 0.05) is 31.7 Å². The van der Waals surface area contributed by atoms with Crippen molar-refractivity contribution in [1.82, 2.24) is 20.4 Å². The number of nitrogens with zero attached hydrogens (tertiary/aromatic N) is 2. The number of carbonyl (C=O) groups is 2. The maximum absolute atomic E-state index is 13.7. The van der Waals surface area contributed by atoms with Crippen molar-refractivity contribution in [3.8, 4) is 0 Å². The number of likely N-dealkylation sites (N-methyl/N-ethyl adjacent to an activating group) is 1. The summed E-state index contributed by atoms with van der Waals surface area (Å²) in [6, 6.07) is 6.11. The van der Waals surface area contributed by atoms with Crippen LogP contribution in [0, 0.1) is 5.82 Å². The SMILES string of the molecule is CN(C)CCNC(=S)NCCN1C(=O)S/C(=C\c2ccccc2F)C1=O. The normalized spacial score (nSPS) is 15.8. The smallest absolute Gasteiger partial charge is 0.293 e. The third-order valence-corrected chi connectivity index (χ3v) is 4.73. The van der Waals surface area contributed by atoms with Crippen LogP contribution in [0.1, 0.15) is 5.56 Å². The molecule has 0 unspecified atom stereocenters. The Morgan fingerprint density at radius 3 is 2.65 bits per heavy atom. The molecule has 1 heterocycles. The van der Waals surface area contributed by atoms with E-state index >= 15 is 0 Å². The van der Waals surface area contributed by atoms with Gasteiger partial charge in [0.25, 0.3) is 11.1 Å². The number of hydrogen-bond donors (Lipinski definition) is 2. The van der Waals surface area contributed by atoms with E-state index in [-0.39, 0.29) is 22.3 Å². The maximum atomic E-state index is 13.7. The molecule has 2 amide bonds. The fraction of sp³-hybridized carbons (Fsp3) is 0.353. The van der Waals surface area contributed by atoms with Gasteiger partial charge in [0.15, 0.2) is 5.11 Å². The quantitative estimate of drug-likeness (QED) is 0.539. The van der Waals surface area contributed by atoms with Crippen molar-refractivity contribution in [2.24, 2.45) is 0 Å². The lowest BCUT2D eigenvalue weighted by atomic mass is 10.2. The molecule has 2 N–H and O–H groups in total. The lowest BCUT2D eigenvalue weighted by molar-refractivity contribution is -0.122. The molecule has 6 nitrogen and oxygen atoms in total. The first kappa shape index (κ1) is 20.3. The van der Waals surface area contributed by atoms with E-state index in [2.05, 4.69) is 10.6 Å². The fourth-order valence-electron chi connectivity index (χ4n) is 2.16. The molecule has 0 spiro atoms. The molecule has 1 fully saturated rings. The summed E-state index contributed by atoms with van der Waals surface area (Å²) in [5.41, 5.74) is 0.280. The Bertz CT molecular complexity index is 724. The van der Waals surface area contributed by atoms with Crippen LogP contribution in [0.4, 0.5) is 9.18 Å². The minimum atomic E-state index is -0.435. The van der Waals surface area contributed by atoms with Crippen molar-refractivity contribution < 1.29 is 14.0 Å². The lowest BCUT2D eigenvalue weighted by Gasteiger charge is -2.16. The molecule has 1 aliphatic rings. The molecule has 2 rings (SSSR count). The van der Waals surface area contributed by atoms with Crippen LogP contribution < -0.4 is 10.6 Å². The highest BCUT2D eigenvalue weighted by atomic mass is 32.2. The van der Waals surface area contributed by atoms with E-state index in [4.69, 9.17) is 12.2 Å². The van der Waals surface area contributed by atoms with Crippen molar-refractivity contribution in [3.63, 3.8) is 0 Å². The van der Waals surface area contributed by atoms with E-state index in [1.165, 1.54) is 12.1 Å². The number of benzene rings is 1. The summed E-state index contributed by atoms with van der Waals surface area (Å²) in [5, 5.41) is 6.11. The molecule has 1 aromatic carbocycles. The van der Waals surface area contributed by atoms with E-state index in [1.807, 2.05) is 19.0 Å². The maximum Gasteiger partial charge on any atom is 0.293 e. The number of hydrogen-bond acceptors (Lipinski definition) is 5. The predicted molar refractivity (Wildman–Crippen MR) is 106 cm³/mol. The van der Waals surface area contributed by atoms with Crippen LogP contribution in [0.15, 0.2) is 29.2 Å². The van der Waals surface area contributed by atoms with Gasteiger partial charge in [-0.15, -0.1) is 0 Å². The number of imide groups is 1. The van der Waals surface area contributed by atoms with E-state index < -0.39 is 11.7 Å². The Morgan fingerprint density at radius 1 is 1.27 bits per heavy atom. The number of nitrogens with one attached hydrogen (secondary N) is 2. The third-order valence-electron chi connectivity index (χ3n) is 3.53. The number of halogens is 1. The Morgan fingerprint density at radius 2 is 1.96 bits per heavy atom. The van der Waals surface area contributed by atoms with Gasteiger partial charge in [-0.1, -0.05) is 18.2 Å². The molecule has 0 bridgehead atoms. The molecule has 0 saturated carbocycles. The number of rotatable bonds is 7. The molecule has 26 heavy (non-hydrogen) atoms. The average Bonchev–Trinajstić information content (AvgIpc) is 2.84. The van der Waals surface area contributed by atoms with Crippen molar-refractivity contribution >= 4 is 46.3 Å². The van der Waals surface area contributed by atoms with Gasteiger partial charge in [0.1, 0.15) is 5.82 Å². The van der Waals surface area contributed by atoms with Gasteiger partial charge in [0.2, 0.25) is 0 Å². The molecule has 140 valence electrons. The average molecular weight is 397 g/mol. The van der Waals surface area contributed by atoms with E-state index in [0.29, 0.717) is 18.2 Å². The standard InChI is InChI=1S/C17H21FN4O2S2/c1-21(2)9-7-19-16(25)20-8-10-22-15(23)14(26-17(22)24)11-12-5-3-4-6-13(12)18/h3-6,11H,7-10H2,1-2H3,(H2,19,20,25)/b14-11-. The largest absolute Gasteiger partial charge is 0.361 e. The molecule has 1 aliphatic heterocycles. The number of carbonyl (C=O) groups excluding carboxylic acids is 2. The van der Waals surface area contributed by atoms with Crippen LogP contribution in [0.3, 0.4) is 0 Å². The summed E-state index contributed by atoms with van der Waals surface area (Å²) in [7, 11) is 3.93. The molecule has 1 saturated heterocycles. The summed E-state index contributed by atoms with van der Waals surface area (Å²) in [6.45, 7) is 2.07. The van der Waals surface area contributed by atoms with Gasteiger partial charge in [-0.2, -0.15) is 0 Å². The Balaban J connectivity index is 1.85. The first-order valence-electron chi connectivity index (χ1n) is 8.05. The molecule has 0 aliphatic carbocycles. The molecule has 0 atom stereocenters. The molecule has 9 heteroatoms. The van der Waals surface area contributed by atoms with Gasteiger partial charge >= 0.3 is 0 Å². The zero-order valence-electron chi connectivity index (χ0n) is 14.6. The lowest BCUT2D eigenvalue weighted by Crippen LogP contribution is -2.42. The topological polar surface area (TPSA) is 64.7 Å². The molecule has 1 aromatic rings. The second kappa shape index (κ2) is 9.65.